The molecule has 1 aromatic rings. The summed E-state index contributed by atoms with van der Waals surface area (Å²) in [5.74, 6) is 1.45. The minimum atomic E-state index is 0.425. The fourth-order valence-electron chi connectivity index (χ4n) is 2.39. The number of nitrogens with one attached hydrogen (secondary N) is 1. The summed E-state index contributed by atoms with van der Waals surface area (Å²) < 4.78 is 0. The van der Waals surface area contributed by atoms with Gasteiger partial charge in [-0.05, 0) is 25.7 Å². The fraction of sp³-hybridized carbons (Fsp3) is 0.667. The topological polar surface area (TPSA) is 37.8 Å². The molecule has 1 N–H and O–H groups in total. The lowest BCUT2D eigenvalue weighted by Gasteiger charge is -2.28. The lowest BCUT2D eigenvalue weighted by Crippen LogP contribution is -2.28. The van der Waals surface area contributed by atoms with E-state index in [4.69, 9.17) is 11.6 Å². The van der Waals surface area contributed by atoms with E-state index >= 15 is 0 Å². The van der Waals surface area contributed by atoms with Crippen molar-refractivity contribution >= 4 is 17.4 Å². The smallest absolute Gasteiger partial charge is 0.171 e. The molecule has 0 saturated heterocycles. The molecule has 16 heavy (non-hydrogen) atoms. The van der Waals surface area contributed by atoms with Crippen LogP contribution in [-0.2, 0) is 0 Å². The van der Waals surface area contributed by atoms with E-state index in [2.05, 4.69) is 22.2 Å². The van der Waals surface area contributed by atoms with E-state index in [-0.39, 0.29) is 0 Å². The standard InChI is InChI=1S/C12H18ClN3/c1-9(10-5-3-2-4-6-10)16-12-11(13)14-7-8-15-12/h7-10H,2-6H2,1H3,(H,15,16). The van der Waals surface area contributed by atoms with Gasteiger partial charge in [0, 0.05) is 18.4 Å². The average molecular weight is 240 g/mol. The lowest BCUT2D eigenvalue weighted by atomic mass is 9.84. The van der Waals surface area contributed by atoms with Crippen LogP contribution in [0.4, 0.5) is 5.82 Å². The van der Waals surface area contributed by atoms with Gasteiger partial charge in [-0.15, -0.1) is 0 Å². The Morgan fingerprint density at radius 2 is 1.94 bits per heavy atom. The van der Waals surface area contributed by atoms with Gasteiger partial charge in [0.05, 0.1) is 0 Å². The summed E-state index contributed by atoms with van der Waals surface area (Å²) in [5, 5.41) is 3.84. The van der Waals surface area contributed by atoms with Gasteiger partial charge in [-0.1, -0.05) is 30.9 Å². The molecule has 88 valence electrons. The molecule has 0 bridgehead atoms. The van der Waals surface area contributed by atoms with E-state index < -0.39 is 0 Å². The average Bonchev–Trinajstić information content (AvgIpc) is 2.33. The first-order valence-electron chi connectivity index (χ1n) is 6.00. The molecular formula is C12H18ClN3. The van der Waals surface area contributed by atoms with E-state index in [0.29, 0.717) is 17.0 Å². The van der Waals surface area contributed by atoms with Gasteiger partial charge in [-0.2, -0.15) is 0 Å². The van der Waals surface area contributed by atoms with Crippen molar-refractivity contribution in [3.8, 4) is 0 Å². The molecule has 0 aromatic carbocycles. The van der Waals surface area contributed by atoms with Gasteiger partial charge in [0.1, 0.15) is 0 Å². The highest BCUT2D eigenvalue weighted by atomic mass is 35.5. The molecule has 1 aromatic heterocycles. The number of anilines is 1. The van der Waals surface area contributed by atoms with Gasteiger partial charge in [0.2, 0.25) is 0 Å². The van der Waals surface area contributed by atoms with Crippen molar-refractivity contribution in [3.63, 3.8) is 0 Å². The molecule has 1 saturated carbocycles. The predicted octanol–water partition coefficient (Wildman–Crippen LogP) is 3.51. The molecule has 0 spiro atoms. The Hall–Kier alpha value is -0.830. The molecule has 1 fully saturated rings. The number of rotatable bonds is 3. The summed E-state index contributed by atoms with van der Waals surface area (Å²) in [6.07, 6.45) is 9.99. The van der Waals surface area contributed by atoms with Crippen LogP contribution in [0.2, 0.25) is 5.15 Å². The number of hydrogen-bond acceptors (Lipinski definition) is 3. The molecule has 2 rings (SSSR count). The van der Waals surface area contributed by atoms with Crippen molar-refractivity contribution in [2.75, 3.05) is 5.32 Å². The van der Waals surface area contributed by atoms with Crippen molar-refractivity contribution < 1.29 is 0 Å². The fourth-order valence-corrected chi connectivity index (χ4v) is 2.55. The summed E-state index contributed by atoms with van der Waals surface area (Å²) in [5.41, 5.74) is 0. The monoisotopic (exact) mass is 239 g/mol. The first-order valence-corrected chi connectivity index (χ1v) is 6.38. The normalized spacial score (nSPS) is 19.4. The van der Waals surface area contributed by atoms with Crippen LogP contribution in [0.3, 0.4) is 0 Å². The van der Waals surface area contributed by atoms with Gasteiger partial charge < -0.3 is 5.32 Å². The predicted molar refractivity (Wildman–Crippen MR) is 66.7 cm³/mol. The van der Waals surface area contributed by atoms with Gasteiger partial charge in [0.15, 0.2) is 11.0 Å². The summed E-state index contributed by atoms with van der Waals surface area (Å²) in [6, 6.07) is 0.425. The van der Waals surface area contributed by atoms with Crippen LogP contribution in [0.25, 0.3) is 0 Å². The molecule has 1 atom stereocenters. The van der Waals surface area contributed by atoms with Crippen LogP contribution in [0.1, 0.15) is 39.0 Å². The van der Waals surface area contributed by atoms with Crippen LogP contribution in [-0.4, -0.2) is 16.0 Å². The summed E-state index contributed by atoms with van der Waals surface area (Å²) in [7, 11) is 0. The van der Waals surface area contributed by atoms with Gasteiger partial charge >= 0.3 is 0 Å². The third-order valence-corrected chi connectivity index (χ3v) is 3.65. The zero-order valence-electron chi connectivity index (χ0n) is 9.62. The number of nitrogens with zero attached hydrogens (tertiary/aromatic N) is 2. The Labute approximate surface area is 102 Å². The highest BCUT2D eigenvalue weighted by Gasteiger charge is 2.20. The maximum absolute atomic E-state index is 5.97. The maximum Gasteiger partial charge on any atom is 0.171 e. The summed E-state index contributed by atoms with van der Waals surface area (Å²) in [6.45, 7) is 2.21. The lowest BCUT2D eigenvalue weighted by molar-refractivity contribution is 0.328. The molecule has 4 heteroatoms. The number of aromatic nitrogens is 2. The molecule has 0 radical (unpaired) electrons. The Bertz CT molecular complexity index is 337. The Kier molecular flexibility index (Phi) is 3.99. The second-order valence-corrected chi connectivity index (χ2v) is 4.88. The van der Waals surface area contributed by atoms with Crippen molar-refractivity contribution in [2.24, 2.45) is 5.92 Å². The highest BCUT2D eigenvalue weighted by molar-refractivity contribution is 6.31. The van der Waals surface area contributed by atoms with E-state index in [1.165, 1.54) is 32.1 Å². The SMILES string of the molecule is CC(Nc1nccnc1Cl)C1CCCCC1. The van der Waals surface area contributed by atoms with Crippen LogP contribution < -0.4 is 5.32 Å². The molecule has 0 amide bonds. The van der Waals surface area contributed by atoms with Crippen molar-refractivity contribution in [2.45, 2.75) is 45.1 Å². The van der Waals surface area contributed by atoms with Gasteiger partial charge in [0.25, 0.3) is 0 Å². The third-order valence-electron chi connectivity index (χ3n) is 3.37. The molecule has 1 aliphatic carbocycles. The minimum Gasteiger partial charge on any atom is -0.365 e. The quantitative estimate of drug-likeness (QED) is 0.877. The van der Waals surface area contributed by atoms with E-state index in [9.17, 15) is 0 Å². The maximum atomic E-state index is 5.97. The van der Waals surface area contributed by atoms with E-state index in [1.807, 2.05) is 0 Å². The second-order valence-electron chi connectivity index (χ2n) is 4.53. The van der Waals surface area contributed by atoms with Crippen molar-refractivity contribution in [1.82, 2.24) is 9.97 Å². The number of halogens is 1. The van der Waals surface area contributed by atoms with Crippen LogP contribution in [0.15, 0.2) is 12.4 Å². The zero-order chi connectivity index (χ0) is 11.4. The van der Waals surface area contributed by atoms with Gasteiger partial charge in [-0.25, -0.2) is 9.97 Å². The molecule has 0 aliphatic heterocycles. The Balaban J connectivity index is 1.96. The molecule has 1 heterocycles. The van der Waals surface area contributed by atoms with E-state index in [1.54, 1.807) is 12.4 Å². The van der Waals surface area contributed by atoms with Crippen molar-refractivity contribution in [3.05, 3.63) is 17.5 Å². The van der Waals surface area contributed by atoms with Crippen LogP contribution in [0, 0.1) is 5.92 Å². The number of hydrogen-bond donors (Lipinski definition) is 1. The summed E-state index contributed by atoms with van der Waals surface area (Å²) >= 11 is 5.97. The molecule has 1 unspecified atom stereocenters. The van der Waals surface area contributed by atoms with Crippen LogP contribution in [0.5, 0.6) is 0 Å². The minimum absolute atomic E-state index is 0.425. The summed E-state index contributed by atoms with van der Waals surface area (Å²) in [4.78, 5) is 8.23. The van der Waals surface area contributed by atoms with Crippen LogP contribution >= 0.6 is 11.6 Å². The zero-order valence-corrected chi connectivity index (χ0v) is 10.4. The highest BCUT2D eigenvalue weighted by Crippen LogP contribution is 2.28. The Morgan fingerprint density at radius 3 is 2.62 bits per heavy atom. The Morgan fingerprint density at radius 1 is 1.25 bits per heavy atom. The van der Waals surface area contributed by atoms with Crippen molar-refractivity contribution in [1.29, 1.82) is 0 Å². The molecule has 1 aliphatic rings. The first kappa shape index (κ1) is 11.6. The third kappa shape index (κ3) is 2.85. The first-order chi connectivity index (χ1) is 7.77. The molecular weight excluding hydrogens is 222 g/mol. The second kappa shape index (κ2) is 5.48. The largest absolute Gasteiger partial charge is 0.365 e. The van der Waals surface area contributed by atoms with E-state index in [0.717, 1.165) is 5.92 Å². The molecule has 3 nitrogen and oxygen atoms in total. The van der Waals surface area contributed by atoms with Gasteiger partial charge in [-0.3, -0.25) is 0 Å².